The van der Waals surface area contributed by atoms with Gasteiger partial charge in [-0.15, -0.1) is 0 Å². The van der Waals surface area contributed by atoms with Gasteiger partial charge in [0.15, 0.2) is 0 Å². The molecule has 0 atom stereocenters. The molecule has 0 aliphatic heterocycles. The third-order valence-electron chi connectivity index (χ3n) is 4.15. The Morgan fingerprint density at radius 3 is 2.75 bits per heavy atom. The number of hydrogen-bond acceptors (Lipinski definition) is 4. The molecule has 1 aliphatic rings. The van der Waals surface area contributed by atoms with Crippen LogP contribution in [-0.2, 0) is 13.1 Å². The number of nitrogens with two attached hydrogens (primary N) is 1. The van der Waals surface area contributed by atoms with E-state index in [9.17, 15) is 0 Å². The molecule has 0 spiro atoms. The van der Waals surface area contributed by atoms with Crippen molar-refractivity contribution < 1.29 is 9.84 Å². The predicted molar refractivity (Wildman–Crippen MR) is 80.6 cm³/mol. The van der Waals surface area contributed by atoms with Gasteiger partial charge in [0.05, 0.1) is 7.11 Å². The number of hydrogen-bond donors (Lipinski definition) is 2. The Balaban J connectivity index is 2.11. The third-order valence-corrected chi connectivity index (χ3v) is 4.15. The molecule has 1 aromatic carbocycles. The molecule has 0 aromatic heterocycles. The van der Waals surface area contributed by atoms with Gasteiger partial charge in [-0.1, -0.05) is 12.5 Å². The van der Waals surface area contributed by atoms with Gasteiger partial charge in [0.25, 0.3) is 0 Å². The highest BCUT2D eigenvalue weighted by atomic mass is 16.5. The molecule has 0 heterocycles. The maximum absolute atomic E-state index is 9.07. The van der Waals surface area contributed by atoms with Crippen LogP contribution in [0.4, 0.5) is 0 Å². The minimum atomic E-state index is 0.253. The largest absolute Gasteiger partial charge is 0.496 e. The second-order valence-corrected chi connectivity index (χ2v) is 5.48. The van der Waals surface area contributed by atoms with E-state index in [1.807, 2.05) is 12.1 Å². The molecule has 4 nitrogen and oxygen atoms in total. The maximum Gasteiger partial charge on any atom is 0.123 e. The molecule has 20 heavy (non-hydrogen) atoms. The molecule has 1 saturated carbocycles. The number of aliphatic hydroxyl groups is 1. The summed E-state index contributed by atoms with van der Waals surface area (Å²) in [4.78, 5) is 2.47. The van der Waals surface area contributed by atoms with Crippen LogP contribution < -0.4 is 10.5 Å². The van der Waals surface area contributed by atoms with Crippen molar-refractivity contribution in [2.24, 2.45) is 5.73 Å². The van der Waals surface area contributed by atoms with Gasteiger partial charge in [0, 0.05) is 37.8 Å². The van der Waals surface area contributed by atoms with Crippen molar-refractivity contribution in [3.8, 4) is 5.75 Å². The normalized spacial score (nSPS) is 15.4. The zero-order valence-corrected chi connectivity index (χ0v) is 12.3. The summed E-state index contributed by atoms with van der Waals surface area (Å²) in [5, 5.41) is 9.07. The van der Waals surface area contributed by atoms with E-state index in [4.69, 9.17) is 15.6 Å². The number of aliphatic hydroxyl groups excluding tert-OH is 1. The van der Waals surface area contributed by atoms with Crippen molar-refractivity contribution in [3.05, 3.63) is 29.3 Å². The molecule has 0 saturated heterocycles. The molecule has 1 aromatic rings. The van der Waals surface area contributed by atoms with Crippen molar-refractivity contribution in [1.29, 1.82) is 0 Å². The number of nitrogens with zero attached hydrogens (tertiary/aromatic N) is 1. The van der Waals surface area contributed by atoms with Gasteiger partial charge in [-0.05, 0) is 37.0 Å². The molecule has 0 unspecified atom stereocenters. The molecule has 2 rings (SSSR count). The van der Waals surface area contributed by atoms with E-state index >= 15 is 0 Å². The van der Waals surface area contributed by atoms with Crippen LogP contribution in [0, 0.1) is 0 Å². The van der Waals surface area contributed by atoms with E-state index in [0.29, 0.717) is 12.6 Å². The fraction of sp³-hybridized carbons (Fsp3) is 0.625. The molecule has 112 valence electrons. The molecule has 1 fully saturated rings. The van der Waals surface area contributed by atoms with Crippen LogP contribution in [0.5, 0.6) is 5.75 Å². The van der Waals surface area contributed by atoms with Crippen molar-refractivity contribution in [2.45, 2.75) is 44.8 Å². The maximum atomic E-state index is 9.07. The average molecular weight is 278 g/mol. The smallest absolute Gasteiger partial charge is 0.123 e. The standard InChI is InChI=1S/C16H26N2O2/c1-20-16-7-6-13(11-17)10-14(16)12-18(8-3-9-19)15-4-2-5-15/h6-7,10,15,19H,2-5,8-9,11-12,17H2,1H3. The number of benzene rings is 1. The lowest BCUT2D eigenvalue weighted by Crippen LogP contribution is -2.40. The summed E-state index contributed by atoms with van der Waals surface area (Å²) in [5.41, 5.74) is 8.06. The first-order valence-corrected chi connectivity index (χ1v) is 7.49. The second-order valence-electron chi connectivity index (χ2n) is 5.48. The van der Waals surface area contributed by atoms with Gasteiger partial charge in [0.1, 0.15) is 5.75 Å². The number of methoxy groups -OCH3 is 1. The Hall–Kier alpha value is -1.10. The molecule has 1 aliphatic carbocycles. The first kappa shape index (κ1) is 15.3. The lowest BCUT2D eigenvalue weighted by Gasteiger charge is -2.38. The Bertz CT molecular complexity index is 419. The van der Waals surface area contributed by atoms with Crippen LogP contribution in [0.1, 0.15) is 36.8 Å². The van der Waals surface area contributed by atoms with Gasteiger partial charge < -0.3 is 15.6 Å². The summed E-state index contributed by atoms with van der Waals surface area (Å²) in [5.74, 6) is 0.926. The van der Waals surface area contributed by atoms with Gasteiger partial charge in [-0.2, -0.15) is 0 Å². The van der Waals surface area contributed by atoms with E-state index in [1.54, 1.807) is 7.11 Å². The van der Waals surface area contributed by atoms with Gasteiger partial charge in [0.2, 0.25) is 0 Å². The van der Waals surface area contributed by atoms with Crippen molar-refractivity contribution in [2.75, 3.05) is 20.3 Å². The predicted octanol–water partition coefficient (Wildman–Crippen LogP) is 1.89. The monoisotopic (exact) mass is 278 g/mol. The average Bonchev–Trinajstić information content (AvgIpc) is 2.42. The van der Waals surface area contributed by atoms with Gasteiger partial charge in [-0.3, -0.25) is 4.90 Å². The van der Waals surface area contributed by atoms with E-state index in [2.05, 4.69) is 11.0 Å². The van der Waals surface area contributed by atoms with E-state index < -0.39 is 0 Å². The summed E-state index contributed by atoms with van der Waals surface area (Å²) in [6, 6.07) is 6.82. The highest BCUT2D eigenvalue weighted by molar-refractivity contribution is 5.37. The van der Waals surface area contributed by atoms with E-state index in [0.717, 1.165) is 30.8 Å². The number of ether oxygens (including phenoxy) is 1. The lowest BCUT2D eigenvalue weighted by molar-refractivity contribution is 0.108. The molecule has 3 N–H and O–H groups in total. The Morgan fingerprint density at radius 2 is 2.20 bits per heavy atom. The van der Waals surface area contributed by atoms with Gasteiger partial charge in [-0.25, -0.2) is 0 Å². The van der Waals surface area contributed by atoms with Crippen LogP contribution in [0.2, 0.25) is 0 Å². The van der Waals surface area contributed by atoms with Crippen LogP contribution in [0.3, 0.4) is 0 Å². The van der Waals surface area contributed by atoms with Crippen LogP contribution in [0.15, 0.2) is 18.2 Å². The highest BCUT2D eigenvalue weighted by Crippen LogP contribution is 2.29. The van der Waals surface area contributed by atoms with Crippen LogP contribution >= 0.6 is 0 Å². The Morgan fingerprint density at radius 1 is 1.40 bits per heavy atom. The quantitative estimate of drug-likeness (QED) is 0.762. The van der Waals surface area contributed by atoms with Crippen LogP contribution in [0.25, 0.3) is 0 Å². The molecule has 0 amide bonds. The fourth-order valence-electron chi connectivity index (χ4n) is 2.72. The summed E-state index contributed by atoms with van der Waals surface area (Å²) in [6.07, 6.45) is 4.68. The fourth-order valence-corrected chi connectivity index (χ4v) is 2.72. The molecular formula is C16H26N2O2. The lowest BCUT2D eigenvalue weighted by atomic mass is 9.91. The Labute approximate surface area is 121 Å². The first-order valence-electron chi connectivity index (χ1n) is 7.49. The zero-order valence-electron chi connectivity index (χ0n) is 12.3. The summed E-state index contributed by atoms with van der Waals surface area (Å²) < 4.78 is 5.46. The Kier molecular flexibility index (Phi) is 5.83. The molecule has 4 heteroatoms. The van der Waals surface area contributed by atoms with Gasteiger partial charge >= 0.3 is 0 Å². The zero-order chi connectivity index (χ0) is 14.4. The van der Waals surface area contributed by atoms with Crippen molar-refractivity contribution >= 4 is 0 Å². The van der Waals surface area contributed by atoms with Crippen LogP contribution in [-0.4, -0.2) is 36.3 Å². The topological polar surface area (TPSA) is 58.7 Å². The first-order chi connectivity index (χ1) is 9.78. The molecular weight excluding hydrogens is 252 g/mol. The SMILES string of the molecule is COc1ccc(CN)cc1CN(CCCO)C1CCC1. The second kappa shape index (κ2) is 7.62. The minimum Gasteiger partial charge on any atom is -0.496 e. The summed E-state index contributed by atoms with van der Waals surface area (Å²) in [7, 11) is 1.71. The summed E-state index contributed by atoms with van der Waals surface area (Å²) >= 11 is 0. The minimum absolute atomic E-state index is 0.253. The van der Waals surface area contributed by atoms with E-state index in [1.165, 1.54) is 24.8 Å². The third kappa shape index (κ3) is 3.72. The van der Waals surface area contributed by atoms with Crippen molar-refractivity contribution in [1.82, 2.24) is 4.90 Å². The molecule has 0 radical (unpaired) electrons. The summed E-state index contributed by atoms with van der Waals surface area (Å²) in [6.45, 7) is 2.62. The highest BCUT2D eigenvalue weighted by Gasteiger charge is 2.25. The van der Waals surface area contributed by atoms with E-state index in [-0.39, 0.29) is 6.61 Å². The van der Waals surface area contributed by atoms with Crippen molar-refractivity contribution in [3.63, 3.8) is 0 Å². The number of rotatable bonds is 8. The molecule has 0 bridgehead atoms.